The Morgan fingerprint density at radius 1 is 1.29 bits per heavy atom. The number of fused-ring (bicyclic) bond motifs is 1. The molecule has 0 saturated heterocycles. The molecule has 0 aliphatic rings. The van der Waals surface area contributed by atoms with Crippen LogP contribution in [-0.4, -0.2) is 5.91 Å². The second-order valence-electron chi connectivity index (χ2n) is 4.39. The number of halogens is 1. The molecular formula is C15H10FNO3S. The number of carbonyl (C=O) groups excluding carboxylic acids is 1. The van der Waals surface area contributed by atoms with E-state index in [4.69, 9.17) is 4.42 Å². The molecule has 0 aliphatic carbocycles. The molecule has 0 fully saturated rings. The van der Waals surface area contributed by atoms with E-state index in [1.54, 1.807) is 12.1 Å². The van der Waals surface area contributed by atoms with Crippen LogP contribution in [0.5, 0.6) is 0 Å². The maximum Gasteiger partial charge on any atom is 0.336 e. The normalized spacial score (nSPS) is 10.7. The Morgan fingerprint density at radius 3 is 2.90 bits per heavy atom. The van der Waals surface area contributed by atoms with Crippen LogP contribution in [0.15, 0.2) is 51.0 Å². The van der Waals surface area contributed by atoms with Gasteiger partial charge in [-0.25, -0.2) is 9.18 Å². The van der Waals surface area contributed by atoms with Gasteiger partial charge in [-0.3, -0.25) is 4.79 Å². The van der Waals surface area contributed by atoms with Crippen molar-refractivity contribution >= 4 is 28.2 Å². The van der Waals surface area contributed by atoms with E-state index in [0.29, 0.717) is 15.8 Å². The monoisotopic (exact) mass is 303 g/mol. The zero-order valence-electron chi connectivity index (χ0n) is 10.8. The van der Waals surface area contributed by atoms with E-state index in [0.717, 1.165) is 6.07 Å². The number of hydrogen-bond donors (Lipinski definition) is 1. The Morgan fingerprint density at radius 2 is 2.14 bits per heavy atom. The maximum absolute atomic E-state index is 13.2. The van der Waals surface area contributed by atoms with Crippen LogP contribution >= 0.6 is 11.3 Å². The van der Waals surface area contributed by atoms with Gasteiger partial charge in [-0.1, -0.05) is 6.07 Å². The molecule has 1 aromatic carbocycles. The fraction of sp³-hybridized carbons (Fsp3) is 0.0667. The van der Waals surface area contributed by atoms with Crippen LogP contribution in [0.25, 0.3) is 11.0 Å². The number of amides is 1. The molecule has 0 aliphatic heterocycles. The lowest BCUT2D eigenvalue weighted by Gasteiger charge is -2.06. The number of benzene rings is 1. The summed E-state index contributed by atoms with van der Waals surface area (Å²) >= 11 is 1.33. The third-order valence-electron chi connectivity index (χ3n) is 2.98. The largest absolute Gasteiger partial charge is 0.423 e. The molecule has 2 aromatic heterocycles. The summed E-state index contributed by atoms with van der Waals surface area (Å²) in [6.07, 6.45) is 0. The minimum atomic E-state index is -0.575. The van der Waals surface area contributed by atoms with E-state index in [1.807, 2.05) is 5.38 Å². The first kappa shape index (κ1) is 13.5. The summed E-state index contributed by atoms with van der Waals surface area (Å²) in [5.74, 6) is -0.695. The molecule has 0 atom stereocenters. The molecule has 6 heteroatoms. The zero-order chi connectivity index (χ0) is 14.8. The van der Waals surface area contributed by atoms with E-state index >= 15 is 0 Å². The lowest BCUT2D eigenvalue weighted by Crippen LogP contribution is -2.22. The van der Waals surface area contributed by atoms with Crippen molar-refractivity contribution in [1.29, 1.82) is 0 Å². The van der Waals surface area contributed by atoms with Gasteiger partial charge < -0.3 is 9.73 Å². The molecule has 21 heavy (non-hydrogen) atoms. The van der Waals surface area contributed by atoms with Crippen molar-refractivity contribution in [3.8, 4) is 0 Å². The molecule has 0 radical (unpaired) electrons. The van der Waals surface area contributed by atoms with Crippen molar-refractivity contribution in [2.24, 2.45) is 0 Å². The van der Waals surface area contributed by atoms with E-state index in [9.17, 15) is 14.0 Å². The minimum absolute atomic E-state index is 0.169. The highest BCUT2D eigenvalue weighted by Crippen LogP contribution is 2.18. The Labute approximate surface area is 122 Å². The van der Waals surface area contributed by atoms with Gasteiger partial charge in [-0.2, -0.15) is 0 Å². The van der Waals surface area contributed by atoms with Crippen molar-refractivity contribution in [2.75, 3.05) is 0 Å². The third-order valence-corrected chi connectivity index (χ3v) is 3.85. The summed E-state index contributed by atoms with van der Waals surface area (Å²) < 4.78 is 18.1. The van der Waals surface area contributed by atoms with Crippen LogP contribution in [0.3, 0.4) is 0 Å². The number of rotatable bonds is 3. The van der Waals surface area contributed by atoms with Crippen molar-refractivity contribution in [3.05, 3.63) is 68.5 Å². The Balaban J connectivity index is 1.90. The molecule has 3 aromatic rings. The first-order valence-corrected chi connectivity index (χ1v) is 7.05. The van der Waals surface area contributed by atoms with Crippen LogP contribution < -0.4 is 10.9 Å². The molecular weight excluding hydrogens is 293 g/mol. The minimum Gasteiger partial charge on any atom is -0.423 e. The highest BCUT2D eigenvalue weighted by molar-refractivity contribution is 7.12. The summed E-state index contributed by atoms with van der Waals surface area (Å²) in [6.45, 7) is 0.171. The molecule has 0 bridgehead atoms. The van der Waals surface area contributed by atoms with Crippen LogP contribution in [-0.2, 0) is 6.54 Å². The summed E-state index contributed by atoms with van der Waals surface area (Å²) in [6, 6.07) is 8.77. The standard InChI is InChI=1S/C15H10FNO3S/c16-10-3-4-11-9(6-14(18)20-12(11)7-10)8-17-15(19)13-2-1-5-21-13/h1-7H,8H2,(H,17,19). The fourth-order valence-corrected chi connectivity index (χ4v) is 2.66. The molecule has 0 unspecified atom stereocenters. The predicted octanol–water partition coefficient (Wildman–Crippen LogP) is 2.92. The molecule has 4 nitrogen and oxygen atoms in total. The first-order valence-electron chi connectivity index (χ1n) is 6.17. The Hall–Kier alpha value is -2.47. The highest BCUT2D eigenvalue weighted by atomic mass is 32.1. The lowest BCUT2D eigenvalue weighted by atomic mass is 10.1. The van der Waals surface area contributed by atoms with Crippen molar-refractivity contribution < 1.29 is 13.6 Å². The second kappa shape index (κ2) is 5.49. The van der Waals surface area contributed by atoms with Crippen molar-refractivity contribution in [3.63, 3.8) is 0 Å². The number of carbonyl (C=O) groups is 1. The molecule has 1 amide bonds. The Bertz CT molecular complexity index is 855. The number of thiophene rings is 1. The van der Waals surface area contributed by atoms with Gasteiger partial charge in [0.15, 0.2) is 0 Å². The molecule has 2 heterocycles. The second-order valence-corrected chi connectivity index (χ2v) is 5.34. The van der Waals surface area contributed by atoms with Gasteiger partial charge in [0, 0.05) is 24.1 Å². The van der Waals surface area contributed by atoms with Crippen molar-refractivity contribution in [1.82, 2.24) is 5.32 Å². The quantitative estimate of drug-likeness (QED) is 0.757. The van der Waals surface area contributed by atoms with Gasteiger partial charge in [0.25, 0.3) is 5.91 Å². The first-order chi connectivity index (χ1) is 10.1. The lowest BCUT2D eigenvalue weighted by molar-refractivity contribution is 0.0955. The number of hydrogen-bond acceptors (Lipinski definition) is 4. The van der Waals surface area contributed by atoms with Crippen LogP contribution in [0.1, 0.15) is 15.2 Å². The van der Waals surface area contributed by atoms with Gasteiger partial charge in [0.05, 0.1) is 4.88 Å². The van der Waals surface area contributed by atoms with Gasteiger partial charge in [-0.15, -0.1) is 11.3 Å². The zero-order valence-corrected chi connectivity index (χ0v) is 11.6. The average molecular weight is 303 g/mol. The summed E-state index contributed by atoms with van der Waals surface area (Å²) in [5.41, 5.74) is 0.183. The van der Waals surface area contributed by atoms with Crippen molar-refractivity contribution in [2.45, 2.75) is 6.54 Å². The Kier molecular flexibility index (Phi) is 3.53. The summed E-state index contributed by atoms with van der Waals surface area (Å²) in [4.78, 5) is 24.0. The van der Waals surface area contributed by atoms with Gasteiger partial charge >= 0.3 is 5.63 Å². The summed E-state index contributed by atoms with van der Waals surface area (Å²) in [5, 5.41) is 5.14. The number of nitrogens with one attached hydrogen (secondary N) is 1. The molecule has 0 saturated carbocycles. The van der Waals surface area contributed by atoms with E-state index in [2.05, 4.69) is 5.32 Å². The molecule has 3 rings (SSSR count). The molecule has 106 valence electrons. The van der Waals surface area contributed by atoms with Crippen LogP contribution in [0, 0.1) is 5.82 Å². The van der Waals surface area contributed by atoms with Crippen LogP contribution in [0.2, 0.25) is 0 Å². The SMILES string of the molecule is O=C(NCc1cc(=O)oc2cc(F)ccc12)c1cccs1. The molecule has 1 N–H and O–H groups in total. The van der Waals surface area contributed by atoms with E-state index in [-0.39, 0.29) is 18.0 Å². The average Bonchev–Trinajstić information content (AvgIpc) is 2.97. The van der Waals surface area contributed by atoms with Gasteiger partial charge in [0.2, 0.25) is 0 Å². The van der Waals surface area contributed by atoms with E-state index < -0.39 is 11.4 Å². The topological polar surface area (TPSA) is 59.3 Å². The summed E-state index contributed by atoms with van der Waals surface area (Å²) in [7, 11) is 0. The fourth-order valence-electron chi connectivity index (χ4n) is 2.02. The van der Waals surface area contributed by atoms with Crippen LogP contribution in [0.4, 0.5) is 4.39 Å². The van der Waals surface area contributed by atoms with Gasteiger partial charge in [0.1, 0.15) is 11.4 Å². The van der Waals surface area contributed by atoms with E-state index in [1.165, 1.54) is 29.5 Å². The highest BCUT2D eigenvalue weighted by Gasteiger charge is 2.10. The van der Waals surface area contributed by atoms with Gasteiger partial charge in [-0.05, 0) is 29.1 Å². The molecule has 0 spiro atoms. The smallest absolute Gasteiger partial charge is 0.336 e. The predicted molar refractivity (Wildman–Crippen MR) is 77.9 cm³/mol. The third kappa shape index (κ3) is 2.85. The maximum atomic E-state index is 13.2.